The van der Waals surface area contributed by atoms with Crippen molar-refractivity contribution < 1.29 is 19.1 Å². The van der Waals surface area contributed by atoms with Crippen molar-refractivity contribution in [1.29, 1.82) is 0 Å². The lowest BCUT2D eigenvalue weighted by atomic mass is 10.0. The van der Waals surface area contributed by atoms with E-state index in [-0.39, 0.29) is 30.8 Å². The van der Waals surface area contributed by atoms with Crippen LogP contribution in [-0.4, -0.2) is 63.2 Å². The third-order valence-corrected chi connectivity index (χ3v) is 5.13. The number of methoxy groups -OCH3 is 1. The van der Waals surface area contributed by atoms with Gasteiger partial charge in [0.15, 0.2) is 0 Å². The average molecular weight is 412 g/mol. The zero-order valence-electron chi connectivity index (χ0n) is 17.3. The molecule has 1 saturated heterocycles. The monoisotopic (exact) mass is 411 g/mol. The summed E-state index contributed by atoms with van der Waals surface area (Å²) in [7, 11) is 1.64. The second-order valence-corrected chi connectivity index (χ2v) is 7.18. The summed E-state index contributed by atoms with van der Waals surface area (Å²) in [5.41, 5.74) is 2.02. The van der Waals surface area contributed by atoms with E-state index in [1.165, 1.54) is 0 Å². The van der Waals surface area contributed by atoms with Gasteiger partial charge in [-0.3, -0.25) is 14.5 Å². The SMILES string of the molecule is COc1ccc(C(CNC(=O)CNC(=O)Cc2ccccc2)N2CCOCC2)cc1. The number of ether oxygens (including phenoxy) is 2. The zero-order valence-corrected chi connectivity index (χ0v) is 17.3. The fourth-order valence-electron chi connectivity index (χ4n) is 3.47. The second kappa shape index (κ2) is 11.3. The summed E-state index contributed by atoms with van der Waals surface area (Å²) in [6.45, 7) is 3.39. The topological polar surface area (TPSA) is 79.9 Å². The number of hydrogen-bond donors (Lipinski definition) is 2. The van der Waals surface area contributed by atoms with Gasteiger partial charge in [-0.05, 0) is 23.3 Å². The Morgan fingerprint density at radius 3 is 2.37 bits per heavy atom. The summed E-state index contributed by atoms with van der Waals surface area (Å²) in [5.74, 6) is 0.420. The van der Waals surface area contributed by atoms with E-state index in [9.17, 15) is 9.59 Å². The number of nitrogens with one attached hydrogen (secondary N) is 2. The Morgan fingerprint density at radius 1 is 1.00 bits per heavy atom. The molecule has 0 radical (unpaired) electrons. The lowest BCUT2D eigenvalue weighted by Gasteiger charge is -2.35. The van der Waals surface area contributed by atoms with Crippen molar-refractivity contribution in [3.8, 4) is 5.75 Å². The molecule has 1 heterocycles. The predicted octanol–water partition coefficient (Wildman–Crippen LogP) is 1.54. The van der Waals surface area contributed by atoms with Crippen LogP contribution >= 0.6 is 0 Å². The molecule has 0 saturated carbocycles. The molecular weight excluding hydrogens is 382 g/mol. The average Bonchev–Trinajstić information content (AvgIpc) is 2.79. The Labute approximate surface area is 177 Å². The minimum atomic E-state index is -0.205. The highest BCUT2D eigenvalue weighted by molar-refractivity contribution is 5.85. The number of carbonyl (C=O) groups excluding carboxylic acids is 2. The molecule has 160 valence electrons. The van der Waals surface area contributed by atoms with Crippen LogP contribution < -0.4 is 15.4 Å². The molecule has 0 bridgehead atoms. The number of benzene rings is 2. The first-order chi connectivity index (χ1) is 14.7. The van der Waals surface area contributed by atoms with E-state index in [4.69, 9.17) is 9.47 Å². The molecule has 30 heavy (non-hydrogen) atoms. The molecule has 1 aliphatic rings. The van der Waals surface area contributed by atoms with Gasteiger partial charge in [-0.1, -0.05) is 42.5 Å². The first kappa shape index (κ1) is 21.8. The van der Waals surface area contributed by atoms with Gasteiger partial charge in [0.2, 0.25) is 11.8 Å². The lowest BCUT2D eigenvalue weighted by molar-refractivity contribution is -0.125. The van der Waals surface area contributed by atoms with Crippen molar-refractivity contribution in [1.82, 2.24) is 15.5 Å². The van der Waals surface area contributed by atoms with Gasteiger partial charge in [0, 0.05) is 19.6 Å². The molecule has 7 heteroatoms. The Hall–Kier alpha value is -2.90. The van der Waals surface area contributed by atoms with Crippen LogP contribution in [0.15, 0.2) is 54.6 Å². The van der Waals surface area contributed by atoms with Crippen LogP contribution in [-0.2, 0) is 20.7 Å². The minimum Gasteiger partial charge on any atom is -0.497 e. The van der Waals surface area contributed by atoms with E-state index in [0.717, 1.165) is 30.0 Å². The summed E-state index contributed by atoms with van der Waals surface area (Å²) in [6.07, 6.45) is 0.260. The van der Waals surface area contributed by atoms with Crippen molar-refractivity contribution in [3.63, 3.8) is 0 Å². The molecule has 2 aromatic rings. The fourth-order valence-corrected chi connectivity index (χ4v) is 3.47. The summed E-state index contributed by atoms with van der Waals surface area (Å²) < 4.78 is 10.7. The van der Waals surface area contributed by atoms with Crippen molar-refractivity contribution in [2.45, 2.75) is 12.5 Å². The number of hydrogen-bond acceptors (Lipinski definition) is 5. The van der Waals surface area contributed by atoms with Crippen molar-refractivity contribution in [3.05, 3.63) is 65.7 Å². The van der Waals surface area contributed by atoms with Gasteiger partial charge in [-0.25, -0.2) is 0 Å². The van der Waals surface area contributed by atoms with E-state index in [1.807, 2.05) is 54.6 Å². The van der Waals surface area contributed by atoms with E-state index in [0.29, 0.717) is 19.8 Å². The van der Waals surface area contributed by atoms with Gasteiger partial charge in [0.1, 0.15) is 5.75 Å². The van der Waals surface area contributed by atoms with Crippen molar-refractivity contribution >= 4 is 11.8 Å². The highest BCUT2D eigenvalue weighted by atomic mass is 16.5. The highest BCUT2D eigenvalue weighted by Gasteiger charge is 2.23. The van der Waals surface area contributed by atoms with Crippen LogP contribution in [0.2, 0.25) is 0 Å². The van der Waals surface area contributed by atoms with Crippen LogP contribution in [0.25, 0.3) is 0 Å². The quantitative estimate of drug-likeness (QED) is 0.654. The normalized spacial score (nSPS) is 15.2. The molecule has 2 N–H and O–H groups in total. The minimum absolute atomic E-state index is 0.0313. The van der Waals surface area contributed by atoms with E-state index < -0.39 is 0 Å². The molecule has 1 unspecified atom stereocenters. The van der Waals surface area contributed by atoms with Gasteiger partial charge >= 0.3 is 0 Å². The standard InChI is InChI=1S/C23H29N3O4/c1-29-20-9-7-19(8-10-20)21(26-11-13-30-14-12-26)16-24-23(28)17-25-22(27)15-18-5-3-2-4-6-18/h2-10,21H,11-17H2,1H3,(H,24,28)(H,25,27). The number of rotatable bonds is 9. The fraction of sp³-hybridized carbons (Fsp3) is 0.391. The van der Waals surface area contributed by atoms with Gasteiger partial charge in [-0.2, -0.15) is 0 Å². The summed E-state index contributed by atoms with van der Waals surface area (Å²) in [5, 5.41) is 5.65. The third kappa shape index (κ3) is 6.57. The molecule has 2 aromatic carbocycles. The van der Waals surface area contributed by atoms with Crippen LogP contribution in [0.5, 0.6) is 5.75 Å². The van der Waals surface area contributed by atoms with Crippen molar-refractivity contribution in [2.24, 2.45) is 0 Å². The van der Waals surface area contributed by atoms with Crippen LogP contribution in [0.3, 0.4) is 0 Å². The van der Waals surface area contributed by atoms with Crippen molar-refractivity contribution in [2.75, 3.05) is 46.5 Å². The molecule has 1 aliphatic heterocycles. The van der Waals surface area contributed by atoms with Crippen LogP contribution in [0.4, 0.5) is 0 Å². The molecule has 1 atom stereocenters. The van der Waals surface area contributed by atoms with Gasteiger partial charge < -0.3 is 20.1 Å². The maximum Gasteiger partial charge on any atom is 0.239 e. The molecular formula is C23H29N3O4. The molecule has 2 amide bonds. The predicted molar refractivity (Wildman–Crippen MR) is 114 cm³/mol. The number of morpholine rings is 1. The maximum atomic E-state index is 12.3. The molecule has 0 aliphatic carbocycles. The van der Waals surface area contributed by atoms with Gasteiger partial charge in [0.05, 0.1) is 39.3 Å². The van der Waals surface area contributed by atoms with E-state index in [2.05, 4.69) is 15.5 Å². The number of amides is 2. The lowest BCUT2D eigenvalue weighted by Crippen LogP contribution is -2.45. The molecule has 3 rings (SSSR count). The first-order valence-electron chi connectivity index (χ1n) is 10.2. The smallest absolute Gasteiger partial charge is 0.239 e. The Kier molecular flexibility index (Phi) is 8.23. The maximum absolute atomic E-state index is 12.3. The van der Waals surface area contributed by atoms with Crippen LogP contribution in [0, 0.1) is 0 Å². The molecule has 0 spiro atoms. The Balaban J connectivity index is 1.52. The largest absolute Gasteiger partial charge is 0.497 e. The molecule has 7 nitrogen and oxygen atoms in total. The zero-order chi connectivity index (χ0) is 21.2. The van der Waals surface area contributed by atoms with E-state index >= 15 is 0 Å². The van der Waals surface area contributed by atoms with E-state index in [1.54, 1.807) is 7.11 Å². The van der Waals surface area contributed by atoms with Gasteiger partial charge in [-0.15, -0.1) is 0 Å². The second-order valence-electron chi connectivity index (χ2n) is 7.18. The number of nitrogens with zero attached hydrogens (tertiary/aromatic N) is 1. The molecule has 1 fully saturated rings. The summed E-state index contributed by atoms with van der Waals surface area (Å²) >= 11 is 0. The number of carbonyl (C=O) groups is 2. The Bertz CT molecular complexity index is 805. The molecule has 0 aromatic heterocycles. The third-order valence-electron chi connectivity index (χ3n) is 5.13. The summed E-state index contributed by atoms with van der Waals surface area (Å²) in [4.78, 5) is 26.7. The van der Waals surface area contributed by atoms with Crippen LogP contribution in [0.1, 0.15) is 17.2 Å². The first-order valence-corrected chi connectivity index (χ1v) is 10.2. The van der Waals surface area contributed by atoms with Gasteiger partial charge in [0.25, 0.3) is 0 Å². The highest BCUT2D eigenvalue weighted by Crippen LogP contribution is 2.23. The summed E-state index contributed by atoms with van der Waals surface area (Å²) in [6, 6.07) is 17.4. The Morgan fingerprint density at radius 2 is 1.70 bits per heavy atom.